The Morgan fingerprint density at radius 3 is 1.43 bits per heavy atom. The number of carbonyl (C=O) groups is 4. The lowest BCUT2D eigenvalue weighted by molar-refractivity contribution is -0.138. The van der Waals surface area contributed by atoms with Crippen LogP contribution in [0, 0.1) is 0 Å². The molecule has 0 saturated carbocycles. The molecule has 4 aromatic rings. The Kier molecular flexibility index (Phi) is 12.5. The number of likely N-dealkylation sites (N-methyl/N-ethyl adjacent to an activating group) is 2. The Morgan fingerprint density at radius 2 is 1.03 bits per heavy atom. The van der Waals surface area contributed by atoms with Gasteiger partial charge in [0.1, 0.15) is 49.1 Å². The first-order chi connectivity index (χ1) is 33.0. The summed E-state index contributed by atoms with van der Waals surface area (Å²) in [4.78, 5) is 61.9. The third kappa shape index (κ3) is 8.93. The van der Waals surface area contributed by atoms with Crippen LogP contribution in [0.15, 0.2) is 97.3 Å². The molecule has 16 heteroatoms. The van der Waals surface area contributed by atoms with Crippen molar-refractivity contribution in [3.05, 3.63) is 131 Å². The second-order valence-electron chi connectivity index (χ2n) is 19.1. The fourth-order valence-electron chi connectivity index (χ4n) is 10.6. The standard InChI is InChI=1S/C52H60N10O6/c1-59(2)27-43(63)57-47(31-13-7-5-8-14-31)51(65)61-19-11-17-39(61)49-53-25-37(55-49)33-21-35-29-68-42-24-34(22-36-30-67-41(23-33)45(35)46(36)42)38-26-54-50(56-38)40-18-12-20-62(40)52(66)48(32-15-9-6-10-16-32)58-44(64)28-60(3)4/h5-10,13-16,21-26,39-40,47-50,53-56H,11-12,17-20,27-30H2,1-4H3,(H,57,63)(H,58,64)/t39-,40-,47+,48+,49?,50?/m0/s1. The number of hydrogen-bond donors (Lipinski definition) is 6. The Morgan fingerprint density at radius 1 is 0.618 bits per heavy atom. The fourth-order valence-corrected chi connectivity index (χ4v) is 10.6. The number of likely N-dealkylation sites (tertiary alicyclic amines) is 2. The fraction of sp³-hybridized carbons (Fsp3) is 0.385. The molecule has 354 valence electrons. The zero-order chi connectivity index (χ0) is 47.1. The van der Waals surface area contributed by atoms with E-state index in [1.165, 1.54) is 0 Å². The molecule has 6 N–H and O–H groups in total. The molecule has 6 heterocycles. The normalized spacial score (nSPS) is 21.8. The third-order valence-corrected chi connectivity index (χ3v) is 13.7. The molecule has 6 atom stereocenters. The van der Waals surface area contributed by atoms with Crippen LogP contribution in [-0.2, 0) is 32.4 Å². The summed E-state index contributed by atoms with van der Waals surface area (Å²) in [5.41, 5.74) is 9.35. The molecule has 68 heavy (non-hydrogen) atoms. The summed E-state index contributed by atoms with van der Waals surface area (Å²) < 4.78 is 13.1. The topological polar surface area (TPSA) is 172 Å². The number of nitrogens with one attached hydrogen (secondary N) is 6. The molecule has 6 aliphatic heterocycles. The molecule has 2 unspecified atom stereocenters. The van der Waals surface area contributed by atoms with Gasteiger partial charge in [-0.05, 0) is 89.3 Å². The number of amides is 4. The SMILES string of the molecule is CN(C)CC(=O)N[C@@H](C(=O)N1CCC[C@H]1C1NC=C(c2cc3c4c(c2)OCc2cc(C5=CNC([C@@H]6CCCN6C(=O)[C@H](NC(=O)CN(C)C)c6ccccc6)N5)cc(c2-4)OC3)N1)c1ccccc1. The maximum atomic E-state index is 14.3. The molecular weight excluding hydrogens is 861 g/mol. The highest BCUT2D eigenvalue weighted by molar-refractivity contribution is 5.91. The Hall–Kier alpha value is -7.04. The molecule has 2 fully saturated rings. The lowest BCUT2D eigenvalue weighted by Gasteiger charge is -2.34. The smallest absolute Gasteiger partial charge is 0.250 e. The monoisotopic (exact) mass is 920 g/mol. The third-order valence-electron chi connectivity index (χ3n) is 13.7. The van der Waals surface area contributed by atoms with Gasteiger partial charge in [0.15, 0.2) is 0 Å². The lowest BCUT2D eigenvalue weighted by Crippen LogP contribution is -2.54. The quantitative estimate of drug-likeness (QED) is 0.109. The predicted octanol–water partition coefficient (Wildman–Crippen LogP) is 3.59. The van der Waals surface area contributed by atoms with Crippen LogP contribution in [0.3, 0.4) is 0 Å². The maximum Gasteiger partial charge on any atom is 0.250 e. The summed E-state index contributed by atoms with van der Waals surface area (Å²) in [6, 6.07) is 25.5. The Balaban J connectivity index is 0.817. The summed E-state index contributed by atoms with van der Waals surface area (Å²) >= 11 is 0. The number of hydrogen-bond acceptors (Lipinski definition) is 12. The van der Waals surface area contributed by atoms with Gasteiger partial charge in [-0.1, -0.05) is 60.7 Å². The highest BCUT2D eigenvalue weighted by atomic mass is 16.5. The zero-order valence-electron chi connectivity index (χ0n) is 39.0. The Bertz CT molecular complexity index is 2420. The van der Waals surface area contributed by atoms with E-state index in [-0.39, 0.29) is 61.1 Å². The van der Waals surface area contributed by atoms with Crippen molar-refractivity contribution in [2.24, 2.45) is 0 Å². The van der Waals surface area contributed by atoms with Crippen LogP contribution in [0.5, 0.6) is 11.5 Å². The van der Waals surface area contributed by atoms with E-state index >= 15 is 0 Å². The van der Waals surface area contributed by atoms with Crippen LogP contribution in [0.4, 0.5) is 0 Å². The minimum atomic E-state index is -0.790. The predicted molar refractivity (Wildman–Crippen MR) is 258 cm³/mol. The summed E-state index contributed by atoms with van der Waals surface area (Å²) in [6.45, 7) is 2.30. The minimum absolute atomic E-state index is 0.121. The molecular formula is C52H60N10O6. The minimum Gasteiger partial charge on any atom is -0.488 e. The molecule has 0 bridgehead atoms. The average molecular weight is 921 g/mol. The van der Waals surface area contributed by atoms with Crippen molar-refractivity contribution in [3.8, 4) is 22.6 Å². The van der Waals surface area contributed by atoms with Crippen molar-refractivity contribution >= 4 is 35.0 Å². The molecule has 2 saturated heterocycles. The second-order valence-corrected chi connectivity index (χ2v) is 19.1. The van der Waals surface area contributed by atoms with Crippen molar-refractivity contribution in [1.82, 2.24) is 51.5 Å². The van der Waals surface area contributed by atoms with E-state index in [0.29, 0.717) is 26.3 Å². The molecule has 16 nitrogen and oxygen atoms in total. The maximum absolute atomic E-state index is 14.3. The van der Waals surface area contributed by atoms with Gasteiger partial charge in [0, 0.05) is 58.9 Å². The number of benzene rings is 4. The number of ether oxygens (including phenoxy) is 2. The van der Waals surface area contributed by atoms with E-state index in [0.717, 1.165) is 93.1 Å². The van der Waals surface area contributed by atoms with Crippen LogP contribution >= 0.6 is 0 Å². The second kappa shape index (κ2) is 18.9. The van der Waals surface area contributed by atoms with Gasteiger partial charge in [0.25, 0.3) is 0 Å². The van der Waals surface area contributed by atoms with Crippen molar-refractivity contribution in [2.75, 3.05) is 54.4 Å². The zero-order valence-corrected chi connectivity index (χ0v) is 39.0. The van der Waals surface area contributed by atoms with Crippen LogP contribution in [0.1, 0.15) is 71.1 Å². The van der Waals surface area contributed by atoms with Crippen molar-refractivity contribution in [1.29, 1.82) is 0 Å². The molecule has 0 aliphatic carbocycles. The number of carbonyl (C=O) groups excluding carboxylic acids is 4. The first-order valence-corrected chi connectivity index (χ1v) is 23.6. The summed E-state index contributed by atoms with van der Waals surface area (Å²) in [5, 5.41) is 20.4. The van der Waals surface area contributed by atoms with Gasteiger partial charge in [-0.25, -0.2) is 0 Å². The lowest BCUT2D eigenvalue weighted by atomic mass is 9.87. The average Bonchev–Trinajstić information content (AvgIpc) is 4.19. The van der Waals surface area contributed by atoms with E-state index in [1.54, 1.807) is 9.80 Å². The van der Waals surface area contributed by atoms with E-state index in [9.17, 15) is 19.2 Å². The van der Waals surface area contributed by atoms with Crippen LogP contribution in [0.2, 0.25) is 0 Å². The molecule has 0 aromatic heterocycles. The summed E-state index contributed by atoms with van der Waals surface area (Å²) in [7, 11) is 7.33. The van der Waals surface area contributed by atoms with E-state index < -0.39 is 12.1 Å². The molecule has 0 radical (unpaired) electrons. The van der Waals surface area contributed by atoms with Gasteiger partial charge in [-0.3, -0.25) is 19.2 Å². The number of nitrogens with zero attached hydrogens (tertiary/aromatic N) is 4. The number of rotatable bonds is 14. The largest absolute Gasteiger partial charge is 0.488 e. The molecule has 4 aromatic carbocycles. The first kappa shape index (κ1) is 44.8. The molecule has 4 amide bonds. The van der Waals surface area contributed by atoms with Crippen LogP contribution < -0.4 is 41.4 Å². The van der Waals surface area contributed by atoms with Gasteiger partial charge in [0.05, 0.1) is 36.6 Å². The highest BCUT2D eigenvalue weighted by Gasteiger charge is 2.42. The van der Waals surface area contributed by atoms with Crippen LogP contribution in [-0.4, -0.2) is 122 Å². The molecule has 0 spiro atoms. The summed E-state index contributed by atoms with van der Waals surface area (Å²) in [5.74, 6) is 0.932. The van der Waals surface area contributed by atoms with Gasteiger partial charge < -0.3 is 61.0 Å². The van der Waals surface area contributed by atoms with E-state index in [4.69, 9.17) is 9.47 Å². The first-order valence-electron chi connectivity index (χ1n) is 23.6. The van der Waals surface area contributed by atoms with Gasteiger partial charge in [-0.15, -0.1) is 0 Å². The van der Waals surface area contributed by atoms with Crippen molar-refractivity contribution in [3.63, 3.8) is 0 Å². The molecule has 10 rings (SSSR count). The van der Waals surface area contributed by atoms with Crippen molar-refractivity contribution < 1.29 is 28.7 Å². The molecule has 6 aliphatic rings. The van der Waals surface area contributed by atoms with Gasteiger partial charge in [0.2, 0.25) is 23.6 Å². The summed E-state index contributed by atoms with van der Waals surface area (Å²) in [6.07, 6.45) is 6.84. The van der Waals surface area contributed by atoms with E-state index in [2.05, 4.69) is 56.2 Å². The van der Waals surface area contributed by atoms with Gasteiger partial charge >= 0.3 is 0 Å². The van der Waals surface area contributed by atoms with E-state index in [1.807, 2.05) is 111 Å². The van der Waals surface area contributed by atoms with Crippen molar-refractivity contribution in [2.45, 2.75) is 75.4 Å². The Labute approximate surface area is 397 Å². The van der Waals surface area contributed by atoms with Gasteiger partial charge in [-0.2, -0.15) is 0 Å². The van der Waals surface area contributed by atoms with Crippen LogP contribution in [0.25, 0.3) is 22.5 Å². The highest BCUT2D eigenvalue weighted by Crippen LogP contribution is 2.50.